The average molecular weight is 300 g/mol. The van der Waals surface area contributed by atoms with Crippen LogP contribution in [0.25, 0.3) is 6.08 Å². The Morgan fingerprint density at radius 2 is 2.05 bits per heavy atom. The molecule has 6 heteroatoms. The van der Waals surface area contributed by atoms with Crippen molar-refractivity contribution in [2.75, 3.05) is 13.7 Å². The molecular weight excluding hydrogens is 284 g/mol. The van der Waals surface area contributed by atoms with Crippen LogP contribution in [0.1, 0.15) is 15.9 Å². The van der Waals surface area contributed by atoms with Crippen molar-refractivity contribution in [1.29, 1.82) is 0 Å². The standard InChI is InChI=1S/C16H16N2O4/c1-21-16(20)14-6-3-13(4-7-14)5-8-15(19)22-12-11-18-10-2-9-17-18/h2-10H,11-12H2,1H3/b8-5+. The Kier molecular flexibility index (Phi) is 5.48. The number of rotatable bonds is 6. The Morgan fingerprint density at radius 1 is 1.27 bits per heavy atom. The van der Waals surface area contributed by atoms with E-state index in [-0.39, 0.29) is 6.61 Å². The van der Waals surface area contributed by atoms with Crippen molar-refractivity contribution in [3.63, 3.8) is 0 Å². The van der Waals surface area contributed by atoms with Crippen molar-refractivity contribution in [1.82, 2.24) is 9.78 Å². The van der Waals surface area contributed by atoms with Gasteiger partial charge in [0.05, 0.1) is 19.2 Å². The summed E-state index contributed by atoms with van der Waals surface area (Å²) in [6.45, 7) is 0.770. The highest BCUT2D eigenvalue weighted by atomic mass is 16.5. The minimum absolute atomic E-state index is 0.256. The second kappa shape index (κ2) is 7.78. The van der Waals surface area contributed by atoms with Gasteiger partial charge in [-0.25, -0.2) is 9.59 Å². The van der Waals surface area contributed by atoms with Gasteiger partial charge in [-0.05, 0) is 29.8 Å². The van der Waals surface area contributed by atoms with Crippen molar-refractivity contribution in [2.45, 2.75) is 6.54 Å². The Labute approximate surface area is 128 Å². The molecule has 0 amide bonds. The first-order chi connectivity index (χ1) is 10.7. The minimum Gasteiger partial charge on any atom is -0.465 e. The fourth-order valence-electron chi connectivity index (χ4n) is 1.73. The largest absolute Gasteiger partial charge is 0.465 e. The first-order valence-corrected chi connectivity index (χ1v) is 6.69. The zero-order valence-corrected chi connectivity index (χ0v) is 12.1. The van der Waals surface area contributed by atoms with Gasteiger partial charge in [-0.15, -0.1) is 0 Å². The van der Waals surface area contributed by atoms with Gasteiger partial charge in [0.25, 0.3) is 0 Å². The lowest BCUT2D eigenvalue weighted by Crippen LogP contribution is -2.09. The number of ether oxygens (including phenoxy) is 2. The second-order valence-corrected chi connectivity index (χ2v) is 4.38. The fraction of sp³-hybridized carbons (Fsp3) is 0.188. The summed E-state index contributed by atoms with van der Waals surface area (Å²) in [5, 5.41) is 4.01. The molecule has 0 spiro atoms. The number of methoxy groups -OCH3 is 1. The topological polar surface area (TPSA) is 70.4 Å². The summed E-state index contributed by atoms with van der Waals surface area (Å²) in [6, 6.07) is 8.52. The highest BCUT2D eigenvalue weighted by molar-refractivity contribution is 5.90. The molecule has 0 unspecified atom stereocenters. The first-order valence-electron chi connectivity index (χ1n) is 6.69. The van der Waals surface area contributed by atoms with Crippen LogP contribution in [0.2, 0.25) is 0 Å². The number of benzene rings is 1. The number of esters is 2. The fourth-order valence-corrected chi connectivity index (χ4v) is 1.73. The van der Waals surface area contributed by atoms with Crippen molar-refractivity contribution >= 4 is 18.0 Å². The Balaban J connectivity index is 1.80. The van der Waals surface area contributed by atoms with Gasteiger partial charge in [-0.1, -0.05) is 12.1 Å². The molecule has 0 radical (unpaired) electrons. The molecule has 2 aromatic rings. The number of hydrogen-bond acceptors (Lipinski definition) is 5. The van der Waals surface area contributed by atoms with Crippen LogP contribution < -0.4 is 0 Å². The van der Waals surface area contributed by atoms with Crippen molar-refractivity contribution < 1.29 is 19.1 Å². The van der Waals surface area contributed by atoms with Crippen LogP contribution in [0.4, 0.5) is 0 Å². The summed E-state index contributed by atoms with van der Waals surface area (Å²) in [4.78, 5) is 22.8. The van der Waals surface area contributed by atoms with Gasteiger partial charge < -0.3 is 9.47 Å². The summed E-state index contributed by atoms with van der Waals surface area (Å²) in [7, 11) is 1.33. The van der Waals surface area contributed by atoms with E-state index in [2.05, 4.69) is 9.84 Å². The molecule has 114 valence electrons. The molecular formula is C16H16N2O4. The summed E-state index contributed by atoms with van der Waals surface area (Å²) >= 11 is 0. The zero-order valence-electron chi connectivity index (χ0n) is 12.1. The van der Waals surface area contributed by atoms with Crippen LogP contribution in [0.5, 0.6) is 0 Å². The van der Waals surface area contributed by atoms with E-state index in [1.807, 2.05) is 0 Å². The van der Waals surface area contributed by atoms with Crippen LogP contribution in [0.15, 0.2) is 48.8 Å². The van der Waals surface area contributed by atoms with E-state index in [4.69, 9.17) is 4.74 Å². The summed E-state index contributed by atoms with van der Waals surface area (Å²) < 4.78 is 11.3. The second-order valence-electron chi connectivity index (χ2n) is 4.38. The van der Waals surface area contributed by atoms with Crippen LogP contribution >= 0.6 is 0 Å². The summed E-state index contributed by atoms with van der Waals surface area (Å²) in [6.07, 6.45) is 6.43. The molecule has 0 aliphatic heterocycles. The Hall–Kier alpha value is -2.89. The SMILES string of the molecule is COC(=O)c1ccc(/C=C/C(=O)OCCn2cccn2)cc1. The normalized spacial score (nSPS) is 10.6. The maximum Gasteiger partial charge on any atom is 0.337 e. The van der Waals surface area contributed by atoms with Gasteiger partial charge >= 0.3 is 11.9 Å². The zero-order chi connectivity index (χ0) is 15.8. The number of carbonyl (C=O) groups excluding carboxylic acids is 2. The molecule has 22 heavy (non-hydrogen) atoms. The van der Waals surface area contributed by atoms with E-state index in [0.29, 0.717) is 12.1 Å². The molecule has 0 aliphatic carbocycles. The van der Waals surface area contributed by atoms with Crippen LogP contribution in [-0.2, 0) is 20.8 Å². The van der Waals surface area contributed by atoms with E-state index in [1.54, 1.807) is 53.5 Å². The lowest BCUT2D eigenvalue weighted by atomic mass is 10.1. The predicted molar refractivity (Wildman–Crippen MR) is 80.0 cm³/mol. The minimum atomic E-state index is -0.427. The van der Waals surface area contributed by atoms with Crippen LogP contribution in [-0.4, -0.2) is 35.4 Å². The predicted octanol–water partition coefficient (Wildman–Crippen LogP) is 1.93. The van der Waals surface area contributed by atoms with E-state index in [1.165, 1.54) is 13.2 Å². The quantitative estimate of drug-likeness (QED) is 0.602. The van der Waals surface area contributed by atoms with Crippen molar-refractivity contribution in [2.24, 2.45) is 0 Å². The van der Waals surface area contributed by atoms with E-state index in [9.17, 15) is 9.59 Å². The number of aromatic nitrogens is 2. The highest BCUT2D eigenvalue weighted by Gasteiger charge is 2.03. The lowest BCUT2D eigenvalue weighted by Gasteiger charge is -2.02. The van der Waals surface area contributed by atoms with Crippen LogP contribution in [0.3, 0.4) is 0 Å². The summed E-state index contributed by atoms with van der Waals surface area (Å²) in [5.74, 6) is -0.822. The van der Waals surface area contributed by atoms with Crippen molar-refractivity contribution in [3.05, 3.63) is 59.9 Å². The third-order valence-electron chi connectivity index (χ3n) is 2.87. The van der Waals surface area contributed by atoms with Gasteiger partial charge in [0, 0.05) is 18.5 Å². The average Bonchev–Trinajstić information content (AvgIpc) is 3.06. The molecule has 6 nitrogen and oxygen atoms in total. The Bertz CT molecular complexity index is 645. The van der Waals surface area contributed by atoms with Gasteiger partial charge in [-0.2, -0.15) is 5.10 Å². The molecule has 0 atom stereocenters. The molecule has 0 saturated carbocycles. The molecule has 1 aromatic carbocycles. The monoisotopic (exact) mass is 300 g/mol. The number of hydrogen-bond donors (Lipinski definition) is 0. The van der Waals surface area contributed by atoms with E-state index < -0.39 is 11.9 Å². The molecule has 0 bridgehead atoms. The maximum atomic E-state index is 11.6. The van der Waals surface area contributed by atoms with Crippen LogP contribution in [0, 0.1) is 0 Å². The van der Waals surface area contributed by atoms with E-state index in [0.717, 1.165) is 5.56 Å². The summed E-state index contributed by atoms with van der Waals surface area (Å²) in [5.41, 5.74) is 1.25. The smallest absolute Gasteiger partial charge is 0.337 e. The molecule has 1 aromatic heterocycles. The number of nitrogens with zero attached hydrogens (tertiary/aromatic N) is 2. The molecule has 1 heterocycles. The van der Waals surface area contributed by atoms with Gasteiger partial charge in [0.15, 0.2) is 0 Å². The first kappa shape index (κ1) is 15.5. The Morgan fingerprint density at radius 3 is 2.68 bits per heavy atom. The maximum absolute atomic E-state index is 11.6. The molecule has 0 saturated heterocycles. The third-order valence-corrected chi connectivity index (χ3v) is 2.87. The van der Waals surface area contributed by atoms with E-state index >= 15 is 0 Å². The van der Waals surface area contributed by atoms with Gasteiger partial charge in [0.1, 0.15) is 6.61 Å². The number of carbonyl (C=O) groups is 2. The molecule has 0 fully saturated rings. The third kappa shape index (κ3) is 4.59. The van der Waals surface area contributed by atoms with Gasteiger partial charge in [-0.3, -0.25) is 4.68 Å². The lowest BCUT2D eigenvalue weighted by molar-refractivity contribution is -0.138. The molecule has 0 N–H and O–H groups in total. The highest BCUT2D eigenvalue weighted by Crippen LogP contribution is 2.07. The molecule has 2 rings (SSSR count). The van der Waals surface area contributed by atoms with Crippen molar-refractivity contribution in [3.8, 4) is 0 Å². The molecule has 0 aliphatic rings. The van der Waals surface area contributed by atoms with Gasteiger partial charge in [0.2, 0.25) is 0 Å².